The van der Waals surface area contributed by atoms with Gasteiger partial charge in [-0.25, -0.2) is 13.2 Å². The molecule has 0 aromatic heterocycles. The van der Waals surface area contributed by atoms with Crippen molar-refractivity contribution in [2.45, 2.75) is 11.8 Å². The number of anilines is 1. The van der Waals surface area contributed by atoms with Crippen LogP contribution in [0, 0.1) is 0 Å². The molecule has 5 nitrogen and oxygen atoms in total. The Labute approximate surface area is 94.1 Å². The molecule has 0 radical (unpaired) electrons. The average Bonchev–Trinajstić information content (AvgIpc) is 2.16. The number of ether oxygens (including phenoxy) is 1. The van der Waals surface area contributed by atoms with Crippen molar-refractivity contribution in [2.75, 3.05) is 18.6 Å². The third-order valence-electron chi connectivity index (χ3n) is 1.94. The third kappa shape index (κ3) is 2.52. The van der Waals surface area contributed by atoms with Gasteiger partial charge >= 0.3 is 5.97 Å². The standard InChI is InChI=1S/C10H13NO4S/c1-3-15-10(12)9-7(11)5-4-6-8(9)16(2,13)14/h4-6H,3,11H2,1-2H3. The van der Waals surface area contributed by atoms with Gasteiger partial charge in [-0.3, -0.25) is 0 Å². The number of rotatable bonds is 3. The van der Waals surface area contributed by atoms with Crippen molar-refractivity contribution in [3.05, 3.63) is 23.8 Å². The summed E-state index contributed by atoms with van der Waals surface area (Å²) in [6, 6.07) is 4.27. The Balaban J connectivity index is 3.41. The van der Waals surface area contributed by atoms with E-state index in [1.807, 2.05) is 0 Å². The molecule has 0 bridgehead atoms. The van der Waals surface area contributed by atoms with E-state index < -0.39 is 15.8 Å². The van der Waals surface area contributed by atoms with Crippen LogP contribution in [-0.2, 0) is 14.6 Å². The van der Waals surface area contributed by atoms with Gasteiger partial charge in [0.05, 0.1) is 11.5 Å². The number of esters is 1. The smallest absolute Gasteiger partial charge is 0.341 e. The molecule has 6 heteroatoms. The monoisotopic (exact) mass is 243 g/mol. The second-order valence-corrected chi connectivity index (χ2v) is 5.20. The van der Waals surface area contributed by atoms with E-state index in [1.54, 1.807) is 6.92 Å². The van der Waals surface area contributed by atoms with Gasteiger partial charge in [-0.15, -0.1) is 0 Å². The van der Waals surface area contributed by atoms with E-state index in [0.29, 0.717) is 0 Å². The molecule has 1 rings (SSSR count). The topological polar surface area (TPSA) is 86.5 Å². The predicted molar refractivity (Wildman–Crippen MR) is 59.9 cm³/mol. The lowest BCUT2D eigenvalue weighted by Gasteiger charge is -2.09. The van der Waals surface area contributed by atoms with Gasteiger partial charge < -0.3 is 10.5 Å². The van der Waals surface area contributed by atoms with Gasteiger partial charge in [0, 0.05) is 11.9 Å². The first-order valence-electron chi connectivity index (χ1n) is 4.63. The SMILES string of the molecule is CCOC(=O)c1c(N)cccc1S(C)(=O)=O. The minimum absolute atomic E-state index is 0.0909. The fourth-order valence-corrected chi connectivity index (χ4v) is 2.18. The van der Waals surface area contributed by atoms with Crippen LogP contribution in [0.3, 0.4) is 0 Å². The maximum Gasteiger partial charge on any atom is 0.341 e. The highest BCUT2D eigenvalue weighted by molar-refractivity contribution is 7.90. The van der Waals surface area contributed by atoms with E-state index in [1.165, 1.54) is 18.2 Å². The minimum atomic E-state index is -3.50. The van der Waals surface area contributed by atoms with Gasteiger partial charge in [-0.05, 0) is 19.1 Å². The van der Waals surface area contributed by atoms with Crippen molar-refractivity contribution in [1.29, 1.82) is 0 Å². The fourth-order valence-electron chi connectivity index (χ4n) is 1.28. The maximum absolute atomic E-state index is 11.6. The van der Waals surface area contributed by atoms with Crippen LogP contribution in [0.1, 0.15) is 17.3 Å². The molecule has 88 valence electrons. The molecule has 0 heterocycles. The van der Waals surface area contributed by atoms with Crippen molar-refractivity contribution >= 4 is 21.5 Å². The number of sulfone groups is 1. The summed E-state index contributed by atoms with van der Waals surface area (Å²) in [5.41, 5.74) is 5.59. The van der Waals surface area contributed by atoms with Gasteiger partial charge in [-0.1, -0.05) is 6.07 Å². The first-order valence-corrected chi connectivity index (χ1v) is 6.52. The normalized spacial score (nSPS) is 11.1. The summed E-state index contributed by atoms with van der Waals surface area (Å²) < 4.78 is 27.7. The number of nitrogen functional groups attached to an aromatic ring is 1. The van der Waals surface area contributed by atoms with Crippen molar-refractivity contribution < 1.29 is 17.9 Å². The molecule has 0 saturated heterocycles. The molecule has 1 aromatic rings. The molecule has 0 spiro atoms. The van der Waals surface area contributed by atoms with Gasteiger partial charge in [0.2, 0.25) is 0 Å². The van der Waals surface area contributed by atoms with Gasteiger partial charge in [0.25, 0.3) is 0 Å². The summed E-state index contributed by atoms with van der Waals surface area (Å²) >= 11 is 0. The molecular formula is C10H13NO4S. The van der Waals surface area contributed by atoms with Crippen LogP contribution in [-0.4, -0.2) is 27.2 Å². The molecule has 0 saturated carbocycles. The Morgan fingerprint density at radius 1 is 1.44 bits per heavy atom. The van der Waals surface area contributed by atoms with Gasteiger partial charge in [0.1, 0.15) is 5.56 Å². The lowest BCUT2D eigenvalue weighted by molar-refractivity contribution is 0.0523. The molecule has 0 aliphatic rings. The first kappa shape index (κ1) is 12.5. The van der Waals surface area contributed by atoms with Crippen LogP contribution in [0.2, 0.25) is 0 Å². The highest BCUT2D eigenvalue weighted by Crippen LogP contribution is 2.22. The van der Waals surface area contributed by atoms with E-state index in [9.17, 15) is 13.2 Å². The van der Waals surface area contributed by atoms with Gasteiger partial charge in [-0.2, -0.15) is 0 Å². The third-order valence-corrected chi connectivity index (χ3v) is 3.08. The quantitative estimate of drug-likeness (QED) is 0.628. The number of benzene rings is 1. The summed E-state index contributed by atoms with van der Waals surface area (Å²) in [5.74, 6) is -0.721. The lowest BCUT2D eigenvalue weighted by Crippen LogP contribution is -2.13. The van der Waals surface area contributed by atoms with Crippen molar-refractivity contribution in [3.63, 3.8) is 0 Å². The Bertz CT molecular complexity index is 508. The van der Waals surface area contributed by atoms with Crippen LogP contribution < -0.4 is 5.73 Å². The largest absolute Gasteiger partial charge is 0.462 e. The highest BCUT2D eigenvalue weighted by atomic mass is 32.2. The fraction of sp³-hybridized carbons (Fsp3) is 0.300. The molecule has 1 aromatic carbocycles. The number of carbonyl (C=O) groups excluding carboxylic acids is 1. The van der Waals surface area contributed by atoms with E-state index in [0.717, 1.165) is 6.26 Å². The summed E-state index contributed by atoms with van der Waals surface area (Å²) in [5, 5.41) is 0. The number of hydrogen-bond donors (Lipinski definition) is 1. The number of carbonyl (C=O) groups is 1. The van der Waals surface area contributed by atoms with E-state index >= 15 is 0 Å². The zero-order valence-electron chi connectivity index (χ0n) is 9.06. The van der Waals surface area contributed by atoms with Crippen LogP contribution >= 0.6 is 0 Å². The predicted octanol–water partition coefficient (Wildman–Crippen LogP) is 0.849. The van der Waals surface area contributed by atoms with Crippen LogP contribution in [0.15, 0.2) is 23.1 Å². The van der Waals surface area contributed by atoms with Crippen molar-refractivity contribution in [2.24, 2.45) is 0 Å². The zero-order chi connectivity index (χ0) is 12.3. The second-order valence-electron chi connectivity index (χ2n) is 3.21. The molecule has 0 atom stereocenters. The Morgan fingerprint density at radius 3 is 2.56 bits per heavy atom. The van der Waals surface area contributed by atoms with Crippen LogP contribution in [0.4, 0.5) is 5.69 Å². The number of hydrogen-bond acceptors (Lipinski definition) is 5. The first-order chi connectivity index (χ1) is 7.38. The van der Waals surface area contributed by atoms with Crippen LogP contribution in [0.25, 0.3) is 0 Å². The minimum Gasteiger partial charge on any atom is -0.462 e. The summed E-state index contributed by atoms with van der Waals surface area (Å²) in [4.78, 5) is 11.5. The summed E-state index contributed by atoms with van der Waals surface area (Å²) in [6.07, 6.45) is 1.02. The van der Waals surface area contributed by atoms with E-state index in [-0.39, 0.29) is 22.8 Å². The summed E-state index contributed by atoms with van der Waals surface area (Å²) in [7, 11) is -3.50. The molecular weight excluding hydrogens is 230 g/mol. The molecule has 0 aliphatic heterocycles. The molecule has 0 unspecified atom stereocenters. The summed E-state index contributed by atoms with van der Waals surface area (Å²) in [6.45, 7) is 1.80. The molecule has 0 amide bonds. The second kappa shape index (κ2) is 4.52. The van der Waals surface area contributed by atoms with Crippen LogP contribution in [0.5, 0.6) is 0 Å². The van der Waals surface area contributed by atoms with Crippen molar-refractivity contribution in [1.82, 2.24) is 0 Å². The Kier molecular flexibility index (Phi) is 3.54. The molecule has 0 aliphatic carbocycles. The Morgan fingerprint density at radius 2 is 2.06 bits per heavy atom. The lowest BCUT2D eigenvalue weighted by atomic mass is 10.2. The van der Waals surface area contributed by atoms with E-state index in [4.69, 9.17) is 10.5 Å². The number of nitrogens with two attached hydrogens (primary N) is 1. The van der Waals surface area contributed by atoms with E-state index in [2.05, 4.69) is 0 Å². The molecule has 0 fully saturated rings. The molecule has 2 N–H and O–H groups in total. The van der Waals surface area contributed by atoms with Gasteiger partial charge in [0.15, 0.2) is 9.84 Å². The van der Waals surface area contributed by atoms with Crippen molar-refractivity contribution in [3.8, 4) is 0 Å². The average molecular weight is 243 g/mol. The highest BCUT2D eigenvalue weighted by Gasteiger charge is 2.21. The maximum atomic E-state index is 11.6. The zero-order valence-corrected chi connectivity index (χ0v) is 9.87. The molecule has 16 heavy (non-hydrogen) atoms. The Hall–Kier alpha value is -1.56.